The van der Waals surface area contributed by atoms with Crippen LogP contribution in [0.25, 0.3) is 11.1 Å². The van der Waals surface area contributed by atoms with Gasteiger partial charge >= 0.3 is 0 Å². The van der Waals surface area contributed by atoms with Gasteiger partial charge in [0.15, 0.2) is 0 Å². The minimum atomic E-state index is -1.91. The summed E-state index contributed by atoms with van der Waals surface area (Å²) in [5.74, 6) is -11.7. The SMILES string of the molecule is CC(NC(=O)Cc1ccncc1)C(=O)NC(CC(N)=O)C(=O)NC(CC(N)=O)C(=O)NC(CCN(C(=O)CO)C(c1cc(-c2cc(F)ccc2F)cn1Cc1ccccc1)C(C)(C)C)C(=O)NCCNC(=O)CN1C(=O)C=CC1=O. The van der Waals surface area contributed by atoms with Crippen LogP contribution < -0.4 is 43.4 Å². The summed E-state index contributed by atoms with van der Waals surface area (Å²) in [6, 6.07) is 9.07. The maximum absolute atomic E-state index is 15.4. The van der Waals surface area contributed by atoms with Crippen molar-refractivity contribution in [3.05, 3.63) is 126 Å². The van der Waals surface area contributed by atoms with Crippen molar-refractivity contribution in [2.45, 2.75) is 90.1 Å². The smallest absolute Gasteiger partial charge is 0.254 e. The van der Waals surface area contributed by atoms with E-state index in [0.29, 0.717) is 16.2 Å². The zero-order chi connectivity index (χ0) is 58.8. The number of nitrogens with one attached hydrogen (secondary N) is 6. The molecule has 0 bridgehead atoms. The highest BCUT2D eigenvalue weighted by Crippen LogP contribution is 2.41. The van der Waals surface area contributed by atoms with Crippen molar-refractivity contribution in [1.82, 2.24) is 51.3 Å². The molecule has 0 saturated carbocycles. The molecule has 4 aromatic rings. The number of nitrogens with two attached hydrogens (primary N) is 2. The van der Waals surface area contributed by atoms with Gasteiger partial charge in [-0.1, -0.05) is 51.1 Å². The molecule has 5 atom stereocenters. The summed E-state index contributed by atoms with van der Waals surface area (Å²) in [7, 11) is 0. The van der Waals surface area contributed by atoms with E-state index in [2.05, 4.69) is 36.9 Å². The minimum Gasteiger partial charge on any atom is -0.387 e. The van der Waals surface area contributed by atoms with Gasteiger partial charge in [0.05, 0.1) is 25.3 Å². The van der Waals surface area contributed by atoms with Crippen LogP contribution in [0.3, 0.4) is 0 Å². The van der Waals surface area contributed by atoms with E-state index < -0.39 is 151 Å². The predicted octanol–water partition coefficient (Wildman–Crippen LogP) is -0.715. The first-order chi connectivity index (χ1) is 37.8. The lowest BCUT2D eigenvalue weighted by Crippen LogP contribution is -2.59. The number of aliphatic hydroxyl groups excluding tert-OH is 1. The van der Waals surface area contributed by atoms with Crippen molar-refractivity contribution in [2.24, 2.45) is 16.9 Å². The number of primary amides is 2. The summed E-state index contributed by atoms with van der Waals surface area (Å²) in [5.41, 5.74) is 11.9. The molecule has 5 unspecified atom stereocenters. The number of hydrogen-bond donors (Lipinski definition) is 9. The van der Waals surface area contributed by atoms with E-state index in [9.17, 15) is 62.2 Å². The molecule has 0 fully saturated rings. The van der Waals surface area contributed by atoms with E-state index in [4.69, 9.17) is 11.5 Å². The number of benzene rings is 2. The predicted molar refractivity (Wildman–Crippen MR) is 282 cm³/mol. The molecule has 80 heavy (non-hydrogen) atoms. The fourth-order valence-corrected chi connectivity index (χ4v) is 8.64. The average molecular weight is 1110 g/mol. The molecule has 26 heteroatoms. The van der Waals surface area contributed by atoms with Crippen molar-refractivity contribution < 1.29 is 66.6 Å². The van der Waals surface area contributed by atoms with E-state index in [-0.39, 0.29) is 37.2 Å². The molecular formula is C54H64F2N12O12. The number of imide groups is 1. The fraction of sp³-hybridized carbons (Fsp3) is 0.370. The molecule has 0 saturated heterocycles. The lowest BCUT2D eigenvalue weighted by Gasteiger charge is -2.41. The van der Waals surface area contributed by atoms with E-state index in [1.807, 2.05) is 12.1 Å². The van der Waals surface area contributed by atoms with Gasteiger partial charge in [-0.2, -0.15) is 0 Å². The zero-order valence-electron chi connectivity index (χ0n) is 44.3. The third-order valence-electron chi connectivity index (χ3n) is 12.4. The molecular weight excluding hydrogens is 1050 g/mol. The molecule has 24 nitrogen and oxygen atoms in total. The van der Waals surface area contributed by atoms with Crippen molar-refractivity contribution in [1.29, 1.82) is 0 Å². The van der Waals surface area contributed by atoms with E-state index >= 15 is 4.39 Å². The van der Waals surface area contributed by atoms with Crippen LogP contribution in [0.15, 0.2) is 97.5 Å². The van der Waals surface area contributed by atoms with Gasteiger partial charge in [0.1, 0.15) is 49.0 Å². The Balaban J connectivity index is 1.44. The van der Waals surface area contributed by atoms with Gasteiger partial charge in [0.25, 0.3) is 11.8 Å². The molecule has 1 aliphatic heterocycles. The average Bonchev–Trinajstić information content (AvgIpc) is 4.10. The first-order valence-corrected chi connectivity index (χ1v) is 25.2. The Morgan fingerprint density at radius 1 is 0.713 bits per heavy atom. The van der Waals surface area contributed by atoms with Gasteiger partial charge in [-0.25, -0.2) is 8.78 Å². The summed E-state index contributed by atoms with van der Waals surface area (Å²) in [4.78, 5) is 150. The van der Waals surface area contributed by atoms with Crippen LogP contribution >= 0.6 is 0 Å². The van der Waals surface area contributed by atoms with Gasteiger partial charge in [0, 0.05) is 73.7 Å². The van der Waals surface area contributed by atoms with Crippen molar-refractivity contribution >= 4 is 65.0 Å². The number of hydrogen-bond acceptors (Lipinski definition) is 13. The summed E-state index contributed by atoms with van der Waals surface area (Å²) >= 11 is 0. The molecule has 5 rings (SSSR count). The van der Waals surface area contributed by atoms with Crippen LogP contribution in [0, 0.1) is 17.0 Å². The van der Waals surface area contributed by atoms with Crippen molar-refractivity contribution in [3.8, 4) is 11.1 Å². The molecule has 0 spiro atoms. The van der Waals surface area contributed by atoms with Crippen molar-refractivity contribution in [2.75, 3.05) is 32.8 Å². The fourth-order valence-electron chi connectivity index (χ4n) is 8.64. The normalized spacial score (nSPS) is 14.0. The summed E-state index contributed by atoms with van der Waals surface area (Å²) in [6.45, 7) is 4.06. The van der Waals surface area contributed by atoms with Gasteiger partial charge in [-0.3, -0.25) is 62.6 Å². The lowest BCUT2D eigenvalue weighted by atomic mass is 9.82. The lowest BCUT2D eigenvalue weighted by molar-refractivity contribution is -0.141. The molecule has 0 radical (unpaired) electrons. The number of amides is 11. The number of carbonyl (C=O) groups excluding carboxylic acids is 11. The monoisotopic (exact) mass is 1110 g/mol. The number of rotatable bonds is 28. The summed E-state index contributed by atoms with van der Waals surface area (Å²) in [5, 5.41) is 25.0. The Morgan fingerprint density at radius 3 is 1.89 bits per heavy atom. The van der Waals surface area contributed by atoms with Crippen LogP contribution in [0.1, 0.15) is 69.8 Å². The maximum Gasteiger partial charge on any atom is 0.254 e. The van der Waals surface area contributed by atoms with Crippen LogP contribution in [0.4, 0.5) is 8.78 Å². The first kappa shape index (κ1) is 61.7. The van der Waals surface area contributed by atoms with E-state index in [1.165, 1.54) is 24.2 Å². The molecule has 1 aliphatic rings. The molecule has 2 aromatic heterocycles. The number of aliphatic hydroxyl groups is 1. The summed E-state index contributed by atoms with van der Waals surface area (Å²) in [6.07, 6.45) is 4.15. The molecule has 11 amide bonds. The molecule has 426 valence electrons. The van der Waals surface area contributed by atoms with Crippen LogP contribution in [-0.4, -0.2) is 146 Å². The summed E-state index contributed by atoms with van der Waals surface area (Å²) < 4.78 is 31.8. The quantitative estimate of drug-likeness (QED) is 0.0251. The third kappa shape index (κ3) is 17.9. The first-order valence-electron chi connectivity index (χ1n) is 25.2. The van der Waals surface area contributed by atoms with Gasteiger partial charge in [-0.15, -0.1) is 0 Å². The van der Waals surface area contributed by atoms with Crippen LogP contribution in [0.5, 0.6) is 0 Å². The van der Waals surface area contributed by atoms with Crippen LogP contribution in [-0.2, 0) is 65.7 Å². The number of halogens is 2. The Kier molecular flexibility index (Phi) is 21.9. The van der Waals surface area contributed by atoms with E-state index in [0.717, 1.165) is 35.9 Å². The second kappa shape index (κ2) is 28.4. The molecule has 0 aliphatic carbocycles. The highest BCUT2D eigenvalue weighted by atomic mass is 19.1. The second-order valence-electron chi connectivity index (χ2n) is 19.8. The largest absolute Gasteiger partial charge is 0.387 e. The highest BCUT2D eigenvalue weighted by Gasteiger charge is 2.39. The minimum absolute atomic E-state index is 0.0896. The standard InChI is InChI=1S/C54H64F2N12O12/c1-31(62-44(72)22-32-14-17-59-18-15-32)50(77)64-39(25-42(57)70)53(80)65-40(26-43(58)71)52(79)63-38(51(78)61-20-19-60-45(73)29-68-46(74)12-13-47(68)75)16-21-67(48(76)30-69)49(54(2,3)4)41-23-34(36-24-35(55)10-11-37(36)56)28-66(41)27-33-8-6-5-7-9-33/h5-15,17-18,23-24,28,31,38-40,49,69H,16,19-22,25-27,29-30H2,1-4H3,(H2,57,70)(H2,58,71)(H,60,73)(H,61,78)(H,62,72)(H,63,79)(H,64,77)(H,65,80). The van der Waals surface area contributed by atoms with Gasteiger partial charge < -0.3 is 57.9 Å². The highest BCUT2D eigenvalue weighted by molar-refractivity contribution is 6.14. The Hall–Kier alpha value is -9.20. The number of nitrogens with zero attached hydrogens (tertiary/aromatic N) is 4. The number of carbonyl (C=O) groups is 11. The van der Waals surface area contributed by atoms with Gasteiger partial charge in [0.2, 0.25) is 53.2 Å². The van der Waals surface area contributed by atoms with E-state index in [1.54, 1.807) is 67.9 Å². The zero-order valence-corrected chi connectivity index (χ0v) is 44.3. The number of pyridine rings is 1. The Labute approximate surface area is 458 Å². The molecule has 2 aromatic carbocycles. The molecule has 3 heterocycles. The maximum atomic E-state index is 15.4. The second-order valence-corrected chi connectivity index (χ2v) is 19.8. The van der Waals surface area contributed by atoms with Gasteiger partial charge in [-0.05, 0) is 66.3 Å². The van der Waals surface area contributed by atoms with Crippen LogP contribution in [0.2, 0.25) is 0 Å². The Morgan fingerprint density at radius 2 is 1.30 bits per heavy atom. The topological polar surface area (TPSA) is 357 Å². The Bertz CT molecular complexity index is 2970. The third-order valence-corrected chi connectivity index (χ3v) is 12.4. The number of aromatic nitrogens is 2. The molecule has 11 N–H and O–H groups in total. The van der Waals surface area contributed by atoms with Crippen molar-refractivity contribution in [3.63, 3.8) is 0 Å².